The molecule has 7 nitrogen and oxygen atoms in total. The van der Waals surface area contributed by atoms with Crippen molar-refractivity contribution in [1.82, 2.24) is 5.32 Å². The molecule has 1 aromatic carbocycles. The minimum absolute atomic E-state index is 0.0898. The number of rotatable bonds is 7. The highest BCUT2D eigenvalue weighted by Crippen LogP contribution is 2.33. The van der Waals surface area contributed by atoms with Crippen LogP contribution in [0.25, 0.3) is 0 Å². The molecule has 3 aromatic rings. The van der Waals surface area contributed by atoms with Crippen LogP contribution in [-0.2, 0) is 9.53 Å². The van der Waals surface area contributed by atoms with Gasteiger partial charge in [-0.3, -0.25) is 14.5 Å². The molecule has 32 heavy (non-hydrogen) atoms. The van der Waals surface area contributed by atoms with Crippen LogP contribution in [0.4, 0.5) is 5.69 Å². The van der Waals surface area contributed by atoms with E-state index in [0.29, 0.717) is 10.6 Å². The molecule has 1 saturated carbocycles. The van der Waals surface area contributed by atoms with Crippen LogP contribution in [0.1, 0.15) is 57.5 Å². The van der Waals surface area contributed by atoms with E-state index in [9.17, 15) is 14.4 Å². The second-order valence-electron chi connectivity index (χ2n) is 7.60. The van der Waals surface area contributed by atoms with Crippen LogP contribution in [0.2, 0.25) is 0 Å². The quantitative estimate of drug-likeness (QED) is 0.530. The maximum Gasteiger partial charge on any atom is 0.337 e. The van der Waals surface area contributed by atoms with E-state index in [1.807, 2.05) is 17.5 Å². The summed E-state index contributed by atoms with van der Waals surface area (Å²) >= 11 is 1.39. The Kier molecular flexibility index (Phi) is 6.70. The zero-order chi connectivity index (χ0) is 22.5. The van der Waals surface area contributed by atoms with Crippen LogP contribution in [0.15, 0.2) is 64.6 Å². The molecule has 0 unspecified atom stereocenters. The van der Waals surface area contributed by atoms with Gasteiger partial charge in [0.05, 0.1) is 18.9 Å². The summed E-state index contributed by atoms with van der Waals surface area (Å²) in [4.78, 5) is 41.3. The largest absolute Gasteiger partial charge is 0.465 e. The smallest absolute Gasteiger partial charge is 0.337 e. The van der Waals surface area contributed by atoms with Crippen molar-refractivity contribution in [3.8, 4) is 0 Å². The number of thiophene rings is 1. The summed E-state index contributed by atoms with van der Waals surface area (Å²) in [5, 5.41) is 4.98. The molecule has 1 atom stereocenters. The number of nitrogens with zero attached hydrogens (tertiary/aromatic N) is 1. The van der Waals surface area contributed by atoms with Crippen LogP contribution < -0.4 is 10.2 Å². The lowest BCUT2D eigenvalue weighted by Gasteiger charge is -2.31. The van der Waals surface area contributed by atoms with Gasteiger partial charge < -0.3 is 14.5 Å². The summed E-state index contributed by atoms with van der Waals surface area (Å²) in [6.45, 7) is 0. The number of nitrogens with one attached hydrogen (secondary N) is 1. The Hall–Kier alpha value is -3.39. The number of hydrogen-bond acceptors (Lipinski definition) is 6. The van der Waals surface area contributed by atoms with Crippen LogP contribution in [0.5, 0.6) is 0 Å². The number of methoxy groups -OCH3 is 1. The Morgan fingerprint density at radius 2 is 1.94 bits per heavy atom. The molecule has 0 spiro atoms. The summed E-state index contributed by atoms with van der Waals surface area (Å²) < 4.78 is 10.2. The molecule has 8 heteroatoms. The fourth-order valence-electron chi connectivity index (χ4n) is 3.97. The Balaban J connectivity index is 1.79. The zero-order valence-corrected chi connectivity index (χ0v) is 18.5. The first-order valence-electron chi connectivity index (χ1n) is 10.5. The van der Waals surface area contributed by atoms with Gasteiger partial charge in [-0.05, 0) is 54.6 Å². The van der Waals surface area contributed by atoms with E-state index in [2.05, 4.69) is 5.32 Å². The average molecular weight is 453 g/mol. The number of benzene rings is 1. The molecule has 0 radical (unpaired) electrons. The van der Waals surface area contributed by atoms with E-state index < -0.39 is 17.9 Å². The normalized spacial score (nSPS) is 14.7. The predicted molar refractivity (Wildman–Crippen MR) is 121 cm³/mol. The average Bonchev–Trinajstić information content (AvgIpc) is 3.59. The standard InChI is InChI=1S/C24H24N2O5S/c1-30-24(29)16-7-4-10-18(15-16)26(23(28)19-11-5-13-31-19)21(20-12-6-14-32-20)22(27)25-17-8-2-3-9-17/h4-7,10-15,17,21H,2-3,8-9H2,1H3,(H,25,27)/t21-/m0/s1. The van der Waals surface area contributed by atoms with E-state index in [-0.39, 0.29) is 23.3 Å². The summed E-state index contributed by atoms with van der Waals surface area (Å²) in [5.41, 5.74) is 0.678. The Morgan fingerprint density at radius 3 is 2.59 bits per heavy atom. The molecule has 0 aliphatic heterocycles. The fraction of sp³-hybridized carbons (Fsp3) is 0.292. The molecule has 1 fully saturated rings. The third-order valence-electron chi connectivity index (χ3n) is 5.52. The van der Waals surface area contributed by atoms with Gasteiger partial charge in [0.2, 0.25) is 5.91 Å². The third-order valence-corrected chi connectivity index (χ3v) is 6.44. The van der Waals surface area contributed by atoms with Gasteiger partial charge in [-0.2, -0.15) is 0 Å². The van der Waals surface area contributed by atoms with E-state index in [4.69, 9.17) is 9.15 Å². The Labute approximate surface area is 190 Å². The number of ether oxygens (including phenoxy) is 1. The monoisotopic (exact) mass is 452 g/mol. The molecule has 2 aromatic heterocycles. The van der Waals surface area contributed by atoms with Crippen molar-refractivity contribution in [3.05, 3.63) is 76.4 Å². The first-order chi connectivity index (χ1) is 15.6. The van der Waals surface area contributed by atoms with E-state index >= 15 is 0 Å². The van der Waals surface area contributed by atoms with Crippen molar-refractivity contribution in [2.24, 2.45) is 0 Å². The van der Waals surface area contributed by atoms with Crippen molar-refractivity contribution < 1.29 is 23.5 Å². The molecule has 0 bridgehead atoms. The summed E-state index contributed by atoms with van der Waals surface area (Å²) in [5.74, 6) is -1.16. The Morgan fingerprint density at radius 1 is 1.12 bits per heavy atom. The highest BCUT2D eigenvalue weighted by Gasteiger charge is 2.36. The van der Waals surface area contributed by atoms with Crippen molar-refractivity contribution in [3.63, 3.8) is 0 Å². The lowest BCUT2D eigenvalue weighted by atomic mass is 10.1. The van der Waals surface area contributed by atoms with Crippen LogP contribution >= 0.6 is 11.3 Å². The second-order valence-corrected chi connectivity index (χ2v) is 8.58. The minimum Gasteiger partial charge on any atom is -0.465 e. The highest BCUT2D eigenvalue weighted by molar-refractivity contribution is 7.10. The van der Waals surface area contributed by atoms with Crippen molar-refractivity contribution in [1.29, 1.82) is 0 Å². The highest BCUT2D eigenvalue weighted by atomic mass is 32.1. The lowest BCUT2D eigenvalue weighted by Crippen LogP contribution is -2.46. The van der Waals surface area contributed by atoms with Gasteiger partial charge >= 0.3 is 5.97 Å². The van der Waals surface area contributed by atoms with Crippen LogP contribution in [0.3, 0.4) is 0 Å². The van der Waals surface area contributed by atoms with Crippen molar-refractivity contribution >= 4 is 34.8 Å². The number of hydrogen-bond donors (Lipinski definition) is 1. The SMILES string of the molecule is COC(=O)c1cccc(N(C(=O)c2ccco2)[C@H](C(=O)NC2CCCC2)c2cccs2)c1. The van der Waals surface area contributed by atoms with Gasteiger partial charge in [0.25, 0.3) is 5.91 Å². The molecule has 1 aliphatic carbocycles. The first-order valence-corrected chi connectivity index (χ1v) is 11.4. The van der Waals surface area contributed by atoms with Gasteiger partial charge in [0.1, 0.15) is 0 Å². The molecule has 2 heterocycles. The Bertz CT molecular complexity index is 1070. The topological polar surface area (TPSA) is 88.8 Å². The zero-order valence-electron chi connectivity index (χ0n) is 17.7. The molecule has 1 N–H and O–H groups in total. The van der Waals surface area contributed by atoms with Gasteiger partial charge in [0, 0.05) is 16.6 Å². The van der Waals surface area contributed by atoms with E-state index in [1.165, 1.54) is 29.6 Å². The van der Waals surface area contributed by atoms with Crippen LogP contribution in [-0.4, -0.2) is 30.9 Å². The number of amides is 2. The second kappa shape index (κ2) is 9.82. The molecule has 4 rings (SSSR count). The van der Waals surface area contributed by atoms with Gasteiger partial charge in [-0.1, -0.05) is 25.0 Å². The number of furan rings is 1. The minimum atomic E-state index is -0.916. The number of esters is 1. The van der Waals surface area contributed by atoms with Gasteiger partial charge in [-0.15, -0.1) is 11.3 Å². The molecule has 166 valence electrons. The first kappa shape index (κ1) is 21.8. The van der Waals surface area contributed by atoms with Gasteiger partial charge in [-0.25, -0.2) is 4.79 Å². The summed E-state index contributed by atoms with van der Waals surface area (Å²) in [6.07, 6.45) is 5.41. The van der Waals surface area contributed by atoms with Gasteiger partial charge in [0.15, 0.2) is 11.8 Å². The number of carbonyl (C=O) groups excluding carboxylic acids is 3. The maximum absolute atomic E-state index is 13.6. The molecular weight excluding hydrogens is 428 g/mol. The third kappa shape index (κ3) is 4.60. The molecular formula is C24H24N2O5S. The predicted octanol–water partition coefficient (Wildman–Crippen LogP) is 4.57. The van der Waals surface area contributed by atoms with Crippen molar-refractivity contribution in [2.45, 2.75) is 37.8 Å². The molecule has 1 aliphatic rings. The lowest BCUT2D eigenvalue weighted by molar-refractivity contribution is -0.123. The van der Waals surface area contributed by atoms with E-state index in [1.54, 1.807) is 36.4 Å². The maximum atomic E-state index is 13.6. The number of carbonyl (C=O) groups is 3. The molecule has 2 amide bonds. The summed E-state index contributed by atoms with van der Waals surface area (Å²) in [7, 11) is 1.30. The van der Waals surface area contributed by atoms with Crippen LogP contribution in [0, 0.1) is 0 Å². The fourth-order valence-corrected chi connectivity index (χ4v) is 4.79. The van der Waals surface area contributed by atoms with E-state index in [0.717, 1.165) is 25.7 Å². The summed E-state index contributed by atoms with van der Waals surface area (Å²) in [6, 6.07) is 12.5. The molecule has 0 saturated heterocycles. The van der Waals surface area contributed by atoms with Crippen molar-refractivity contribution in [2.75, 3.05) is 12.0 Å². The number of anilines is 1.